The van der Waals surface area contributed by atoms with Crippen molar-refractivity contribution in [2.45, 2.75) is 39.5 Å². The molecule has 0 aliphatic heterocycles. The molecule has 1 aromatic rings. The van der Waals surface area contributed by atoms with E-state index in [2.05, 4.69) is 29.7 Å². The summed E-state index contributed by atoms with van der Waals surface area (Å²) in [6.45, 7) is 5.25. The van der Waals surface area contributed by atoms with Gasteiger partial charge in [0.15, 0.2) is 0 Å². The van der Waals surface area contributed by atoms with Gasteiger partial charge in [0.2, 0.25) is 0 Å². The Labute approximate surface area is 122 Å². The van der Waals surface area contributed by atoms with Gasteiger partial charge in [-0.2, -0.15) is 0 Å². The molecule has 0 amide bonds. The summed E-state index contributed by atoms with van der Waals surface area (Å²) in [7, 11) is 0. The molecule has 1 aromatic carbocycles. The third kappa shape index (κ3) is 7.39. The summed E-state index contributed by atoms with van der Waals surface area (Å²) >= 11 is 0. The van der Waals surface area contributed by atoms with E-state index in [1.54, 1.807) is 6.07 Å². The van der Waals surface area contributed by atoms with E-state index in [1.807, 2.05) is 26.0 Å². The molecule has 0 N–H and O–H groups in total. The zero-order valence-electron chi connectivity index (χ0n) is 12.3. The van der Waals surface area contributed by atoms with Gasteiger partial charge in [-0.3, -0.25) is 0 Å². The van der Waals surface area contributed by atoms with Crippen LogP contribution in [0.15, 0.2) is 18.2 Å². The molecule has 0 aliphatic carbocycles. The minimum absolute atomic E-state index is 0.578. The third-order valence-electron chi connectivity index (χ3n) is 2.33. The second-order valence-electron chi connectivity index (χ2n) is 4.00. The van der Waals surface area contributed by atoms with Crippen molar-refractivity contribution in [2.75, 3.05) is 13.2 Å². The SMILES string of the molecule is CCC#CCCOc1[c]ccc(OCCC#CCC)c1. The van der Waals surface area contributed by atoms with E-state index < -0.39 is 0 Å². The van der Waals surface area contributed by atoms with Gasteiger partial charge in [-0.1, -0.05) is 25.7 Å². The molecule has 20 heavy (non-hydrogen) atoms. The predicted molar refractivity (Wildman–Crippen MR) is 81.6 cm³/mol. The van der Waals surface area contributed by atoms with Crippen LogP contribution < -0.4 is 9.47 Å². The zero-order valence-corrected chi connectivity index (χ0v) is 12.3. The monoisotopic (exact) mass is 269 g/mol. The van der Waals surface area contributed by atoms with Crippen LogP contribution >= 0.6 is 0 Å². The van der Waals surface area contributed by atoms with Gasteiger partial charge in [0, 0.05) is 37.8 Å². The van der Waals surface area contributed by atoms with Crippen LogP contribution in [0.1, 0.15) is 39.5 Å². The van der Waals surface area contributed by atoms with Crippen molar-refractivity contribution in [2.24, 2.45) is 0 Å². The average Bonchev–Trinajstić information content (AvgIpc) is 2.47. The van der Waals surface area contributed by atoms with Crippen molar-refractivity contribution >= 4 is 0 Å². The fourth-order valence-electron chi connectivity index (χ4n) is 1.46. The summed E-state index contributed by atoms with van der Waals surface area (Å²) in [6.07, 6.45) is 3.25. The highest BCUT2D eigenvalue weighted by molar-refractivity contribution is 5.32. The molecule has 1 rings (SSSR count). The van der Waals surface area contributed by atoms with E-state index in [9.17, 15) is 0 Å². The Balaban J connectivity index is 2.33. The second kappa shape index (κ2) is 10.8. The van der Waals surface area contributed by atoms with Gasteiger partial charge < -0.3 is 9.47 Å². The highest BCUT2D eigenvalue weighted by atomic mass is 16.5. The van der Waals surface area contributed by atoms with Crippen molar-refractivity contribution in [3.63, 3.8) is 0 Å². The molecule has 0 saturated heterocycles. The number of rotatable bonds is 6. The highest BCUT2D eigenvalue weighted by Gasteiger charge is 1.97. The molecule has 2 nitrogen and oxygen atoms in total. The van der Waals surface area contributed by atoms with Gasteiger partial charge in [0.25, 0.3) is 0 Å². The van der Waals surface area contributed by atoms with Crippen LogP contribution in [-0.2, 0) is 0 Å². The molecule has 2 heteroatoms. The smallest absolute Gasteiger partial charge is 0.130 e. The molecule has 0 aromatic heterocycles. The van der Waals surface area contributed by atoms with Crippen molar-refractivity contribution in [1.82, 2.24) is 0 Å². The first-order valence-electron chi connectivity index (χ1n) is 7.05. The van der Waals surface area contributed by atoms with E-state index in [0.29, 0.717) is 19.0 Å². The van der Waals surface area contributed by atoms with Gasteiger partial charge in [-0.15, -0.1) is 11.8 Å². The Morgan fingerprint density at radius 1 is 0.950 bits per heavy atom. The lowest BCUT2D eigenvalue weighted by Gasteiger charge is -2.07. The largest absolute Gasteiger partial charge is 0.492 e. The summed E-state index contributed by atoms with van der Waals surface area (Å²) in [5.41, 5.74) is 0. The van der Waals surface area contributed by atoms with Crippen LogP contribution in [-0.4, -0.2) is 13.2 Å². The Morgan fingerprint density at radius 3 is 2.25 bits per heavy atom. The van der Waals surface area contributed by atoms with E-state index in [0.717, 1.165) is 31.4 Å². The van der Waals surface area contributed by atoms with Crippen LogP contribution in [0.4, 0.5) is 0 Å². The molecular weight excluding hydrogens is 248 g/mol. The minimum Gasteiger partial charge on any atom is -0.492 e. The van der Waals surface area contributed by atoms with E-state index >= 15 is 0 Å². The number of hydrogen-bond acceptors (Lipinski definition) is 2. The zero-order chi connectivity index (χ0) is 14.5. The van der Waals surface area contributed by atoms with Gasteiger partial charge in [0.05, 0.1) is 13.2 Å². The first-order valence-corrected chi connectivity index (χ1v) is 7.05. The van der Waals surface area contributed by atoms with E-state index in [-0.39, 0.29) is 0 Å². The molecule has 0 atom stereocenters. The maximum Gasteiger partial charge on any atom is 0.130 e. The van der Waals surface area contributed by atoms with Crippen molar-refractivity contribution < 1.29 is 9.47 Å². The van der Waals surface area contributed by atoms with Crippen LogP contribution in [0.2, 0.25) is 0 Å². The summed E-state index contributed by atoms with van der Waals surface area (Å²) in [5, 5.41) is 0. The summed E-state index contributed by atoms with van der Waals surface area (Å²) in [4.78, 5) is 0. The fraction of sp³-hybridized carbons (Fsp3) is 0.444. The van der Waals surface area contributed by atoms with Crippen LogP contribution in [0.3, 0.4) is 0 Å². The first kappa shape index (κ1) is 16.0. The Hall–Kier alpha value is -2.06. The summed E-state index contributed by atoms with van der Waals surface area (Å²) < 4.78 is 11.2. The maximum absolute atomic E-state index is 5.61. The molecule has 0 bridgehead atoms. The van der Waals surface area contributed by atoms with Gasteiger partial charge in [-0.25, -0.2) is 0 Å². The molecule has 0 saturated carbocycles. The lowest BCUT2D eigenvalue weighted by molar-refractivity contribution is 0.310. The first-order chi connectivity index (χ1) is 9.86. The number of benzene rings is 1. The maximum atomic E-state index is 5.61. The lowest BCUT2D eigenvalue weighted by atomic mass is 10.3. The number of hydrogen-bond donors (Lipinski definition) is 0. The highest BCUT2D eigenvalue weighted by Crippen LogP contribution is 2.18. The van der Waals surface area contributed by atoms with Crippen molar-refractivity contribution in [1.29, 1.82) is 0 Å². The lowest BCUT2D eigenvalue weighted by Crippen LogP contribution is -1.98. The van der Waals surface area contributed by atoms with Gasteiger partial charge >= 0.3 is 0 Å². The van der Waals surface area contributed by atoms with E-state index in [4.69, 9.17) is 9.47 Å². The van der Waals surface area contributed by atoms with Gasteiger partial charge in [0.1, 0.15) is 11.5 Å². The molecule has 0 heterocycles. The molecule has 0 aliphatic rings. The Kier molecular flexibility index (Phi) is 8.66. The van der Waals surface area contributed by atoms with E-state index in [1.165, 1.54) is 0 Å². The van der Waals surface area contributed by atoms with Crippen LogP contribution in [0.5, 0.6) is 11.5 Å². The fourth-order valence-corrected chi connectivity index (χ4v) is 1.46. The summed E-state index contributed by atoms with van der Waals surface area (Å²) in [5.74, 6) is 13.6. The topological polar surface area (TPSA) is 18.5 Å². The predicted octanol–water partition coefficient (Wildman–Crippen LogP) is 3.85. The van der Waals surface area contributed by atoms with Crippen LogP contribution in [0, 0.1) is 29.7 Å². The molecule has 0 unspecified atom stereocenters. The molecule has 1 radical (unpaired) electrons. The minimum atomic E-state index is 0.578. The normalized spacial score (nSPS) is 8.90. The molecule has 105 valence electrons. The molecule has 0 spiro atoms. The molecular formula is C18H21O2. The quantitative estimate of drug-likeness (QED) is 0.577. The summed E-state index contributed by atoms with van der Waals surface area (Å²) in [6, 6.07) is 8.56. The number of ether oxygens (including phenoxy) is 2. The third-order valence-corrected chi connectivity index (χ3v) is 2.33. The standard InChI is InChI=1S/C18H21O2/c1-3-5-7-9-14-19-17-12-11-13-18(16-17)20-15-10-8-6-4-2/h11-12,16H,3-4,9-10,14-15H2,1-2H3. The van der Waals surface area contributed by atoms with Crippen molar-refractivity contribution in [3.05, 3.63) is 24.3 Å². The van der Waals surface area contributed by atoms with Crippen molar-refractivity contribution in [3.8, 4) is 35.2 Å². The second-order valence-corrected chi connectivity index (χ2v) is 4.00. The average molecular weight is 269 g/mol. The van der Waals surface area contributed by atoms with Crippen LogP contribution in [0.25, 0.3) is 0 Å². The molecule has 0 fully saturated rings. The Morgan fingerprint density at radius 2 is 1.60 bits per heavy atom. The Bertz CT molecular complexity index is 454. The van der Waals surface area contributed by atoms with Gasteiger partial charge in [-0.05, 0) is 12.1 Å².